The van der Waals surface area contributed by atoms with Gasteiger partial charge in [-0.1, -0.05) is 82.3 Å². The second kappa shape index (κ2) is 13.0. The van der Waals surface area contributed by atoms with Crippen LogP contribution in [0.4, 0.5) is 13.2 Å². The zero-order valence-electron chi connectivity index (χ0n) is 24.1. The molecular formula is C32H40F3IO3. The number of aliphatic hydroxyl groups is 1. The maximum atomic E-state index is 13.7. The minimum Gasteiger partial charge on any atom is -0.462 e. The highest BCUT2D eigenvalue weighted by atomic mass is 127. The van der Waals surface area contributed by atoms with E-state index in [-0.39, 0.29) is 23.0 Å². The molecule has 0 saturated heterocycles. The average molecular weight is 657 g/mol. The van der Waals surface area contributed by atoms with E-state index < -0.39 is 18.2 Å². The first-order chi connectivity index (χ1) is 18.2. The molecule has 0 fully saturated rings. The van der Waals surface area contributed by atoms with Crippen LogP contribution in [0.1, 0.15) is 94.5 Å². The molecule has 1 N–H and O–H groups in total. The van der Waals surface area contributed by atoms with Crippen LogP contribution in [0.2, 0.25) is 0 Å². The predicted octanol–water partition coefficient (Wildman–Crippen LogP) is 9.71. The normalized spacial score (nSPS) is 16.1. The molecule has 1 aliphatic rings. The third kappa shape index (κ3) is 7.15. The standard InChI is InChI=1S/C29H31F3O3.C2H6.CH3I/c1-6-35-26(34)18-9-7-17(8-10-18)19-13-20-15-23-24(28(4,5)12-11-27(23,2)3)16-21(20)22(14-19)25(33)29(30,31)32;2*1-2/h7-10,13-16,25,33H,6,11-12H2,1-5H3;1-2H3;1H3. The lowest BCUT2D eigenvalue weighted by Crippen LogP contribution is -2.33. The number of carbonyl (C=O) groups excluding carboxylic acids is 1. The summed E-state index contributed by atoms with van der Waals surface area (Å²) in [4.78, 5) is 14.0. The number of alkyl halides is 4. The van der Waals surface area contributed by atoms with Gasteiger partial charge in [-0.2, -0.15) is 13.2 Å². The fraction of sp³-hybridized carbons (Fsp3) is 0.469. The lowest BCUT2D eigenvalue weighted by molar-refractivity contribution is -0.206. The molecule has 0 spiro atoms. The van der Waals surface area contributed by atoms with Gasteiger partial charge in [-0.05, 0) is 104 Å². The van der Waals surface area contributed by atoms with Crippen molar-refractivity contribution in [1.82, 2.24) is 0 Å². The Kier molecular flexibility index (Phi) is 11.0. The molecule has 1 unspecified atom stereocenters. The molecule has 3 aromatic carbocycles. The van der Waals surface area contributed by atoms with E-state index in [1.165, 1.54) is 6.07 Å². The van der Waals surface area contributed by atoms with Crippen molar-refractivity contribution < 1.29 is 27.8 Å². The molecule has 4 rings (SSSR count). The van der Waals surface area contributed by atoms with E-state index in [1.807, 2.05) is 37.0 Å². The van der Waals surface area contributed by atoms with Crippen molar-refractivity contribution >= 4 is 39.3 Å². The number of carbonyl (C=O) groups is 1. The highest BCUT2D eigenvalue weighted by Crippen LogP contribution is 2.48. The topological polar surface area (TPSA) is 46.5 Å². The van der Waals surface area contributed by atoms with E-state index in [9.17, 15) is 23.1 Å². The molecule has 39 heavy (non-hydrogen) atoms. The van der Waals surface area contributed by atoms with Gasteiger partial charge in [0.2, 0.25) is 0 Å². The Hall–Kier alpha value is -2.13. The quantitative estimate of drug-likeness (QED) is 0.173. The molecule has 214 valence electrons. The molecule has 3 aromatic rings. The number of fused-ring (bicyclic) bond motifs is 2. The average Bonchev–Trinajstić information content (AvgIpc) is 2.91. The van der Waals surface area contributed by atoms with E-state index in [2.05, 4.69) is 50.3 Å². The molecular weight excluding hydrogens is 616 g/mol. The summed E-state index contributed by atoms with van der Waals surface area (Å²) in [5, 5.41) is 11.4. The number of aliphatic hydroxyl groups excluding tert-OH is 1. The van der Waals surface area contributed by atoms with Crippen LogP contribution in [0.25, 0.3) is 21.9 Å². The lowest BCUT2D eigenvalue weighted by Gasteiger charge is -2.42. The highest BCUT2D eigenvalue weighted by molar-refractivity contribution is 14.1. The van der Waals surface area contributed by atoms with Gasteiger partial charge in [-0.25, -0.2) is 4.79 Å². The summed E-state index contributed by atoms with van der Waals surface area (Å²) in [6, 6.07) is 13.7. The summed E-state index contributed by atoms with van der Waals surface area (Å²) in [6.45, 7) is 14.5. The summed E-state index contributed by atoms with van der Waals surface area (Å²) in [5.41, 5.74) is 3.26. The van der Waals surface area contributed by atoms with Crippen LogP contribution in [0.15, 0.2) is 48.5 Å². The van der Waals surface area contributed by atoms with Gasteiger partial charge in [0.1, 0.15) is 0 Å². The van der Waals surface area contributed by atoms with Crippen molar-refractivity contribution in [3.8, 4) is 11.1 Å². The monoisotopic (exact) mass is 656 g/mol. The zero-order chi connectivity index (χ0) is 29.8. The fourth-order valence-corrected chi connectivity index (χ4v) is 5.04. The van der Waals surface area contributed by atoms with Crippen LogP contribution in [0, 0.1) is 0 Å². The SMILES string of the molecule is CC.CCOC(=O)c1ccc(-c2cc(C(O)C(F)(F)F)c3cc4c(cc3c2)C(C)(C)CCC4(C)C)cc1.CI. The Labute approximate surface area is 244 Å². The molecule has 0 bridgehead atoms. The Balaban J connectivity index is 0.00000127. The van der Waals surface area contributed by atoms with Gasteiger partial charge in [-0.3, -0.25) is 0 Å². The van der Waals surface area contributed by atoms with Gasteiger partial charge >= 0.3 is 12.1 Å². The van der Waals surface area contributed by atoms with E-state index in [0.717, 1.165) is 24.0 Å². The summed E-state index contributed by atoms with van der Waals surface area (Å²) >= 11 is 2.15. The fourth-order valence-electron chi connectivity index (χ4n) is 5.04. The minimum absolute atomic E-state index is 0.112. The van der Waals surface area contributed by atoms with Crippen LogP contribution < -0.4 is 0 Å². The maximum absolute atomic E-state index is 13.7. The smallest absolute Gasteiger partial charge is 0.418 e. The van der Waals surface area contributed by atoms with Gasteiger partial charge in [0, 0.05) is 0 Å². The summed E-state index contributed by atoms with van der Waals surface area (Å²) in [5.74, 6) is -0.456. The van der Waals surface area contributed by atoms with Crippen molar-refractivity contribution in [2.45, 2.75) is 84.4 Å². The largest absolute Gasteiger partial charge is 0.462 e. The number of rotatable bonds is 4. The molecule has 0 saturated carbocycles. The number of hydrogen-bond donors (Lipinski definition) is 1. The van der Waals surface area contributed by atoms with E-state index in [0.29, 0.717) is 27.5 Å². The van der Waals surface area contributed by atoms with Gasteiger partial charge < -0.3 is 9.84 Å². The van der Waals surface area contributed by atoms with Gasteiger partial charge in [0.25, 0.3) is 0 Å². The molecule has 1 aliphatic carbocycles. The van der Waals surface area contributed by atoms with Crippen molar-refractivity contribution in [2.24, 2.45) is 0 Å². The van der Waals surface area contributed by atoms with Crippen LogP contribution in [-0.4, -0.2) is 28.8 Å². The second-order valence-corrected chi connectivity index (χ2v) is 10.7. The van der Waals surface area contributed by atoms with Crippen molar-refractivity contribution in [2.75, 3.05) is 11.5 Å². The molecule has 1 atom stereocenters. The summed E-state index contributed by atoms with van der Waals surface area (Å²) < 4.78 is 46.2. The zero-order valence-corrected chi connectivity index (χ0v) is 26.3. The molecule has 0 heterocycles. The third-order valence-electron chi connectivity index (χ3n) is 7.29. The summed E-state index contributed by atoms with van der Waals surface area (Å²) in [6.07, 6.45) is -5.50. The molecule has 0 aromatic heterocycles. The first-order valence-electron chi connectivity index (χ1n) is 13.3. The number of halogens is 4. The first kappa shape index (κ1) is 33.1. The van der Waals surface area contributed by atoms with Gasteiger partial charge in [0.15, 0.2) is 6.10 Å². The van der Waals surface area contributed by atoms with Crippen LogP contribution >= 0.6 is 22.6 Å². The number of esters is 1. The Bertz CT molecular complexity index is 1280. The van der Waals surface area contributed by atoms with Crippen molar-refractivity contribution in [3.63, 3.8) is 0 Å². The van der Waals surface area contributed by atoms with Crippen LogP contribution in [0.3, 0.4) is 0 Å². The first-order valence-corrected chi connectivity index (χ1v) is 15.4. The van der Waals surface area contributed by atoms with Crippen molar-refractivity contribution in [1.29, 1.82) is 0 Å². The second-order valence-electron chi connectivity index (χ2n) is 10.7. The van der Waals surface area contributed by atoms with Crippen molar-refractivity contribution in [3.05, 3.63) is 70.8 Å². The Morgan fingerprint density at radius 1 is 0.923 bits per heavy atom. The van der Waals surface area contributed by atoms with Gasteiger partial charge in [-0.15, -0.1) is 0 Å². The highest BCUT2D eigenvalue weighted by Gasteiger charge is 2.42. The molecule has 7 heteroatoms. The Morgan fingerprint density at radius 2 is 1.44 bits per heavy atom. The predicted molar refractivity (Wildman–Crippen MR) is 163 cm³/mol. The molecule has 0 amide bonds. The van der Waals surface area contributed by atoms with Crippen LogP contribution in [0.5, 0.6) is 0 Å². The molecule has 0 radical (unpaired) electrons. The minimum atomic E-state index is -4.80. The Morgan fingerprint density at radius 3 is 1.92 bits per heavy atom. The third-order valence-corrected chi connectivity index (χ3v) is 7.29. The number of benzene rings is 3. The van der Waals surface area contributed by atoms with E-state index >= 15 is 0 Å². The van der Waals surface area contributed by atoms with Gasteiger partial charge in [0.05, 0.1) is 12.2 Å². The number of hydrogen-bond acceptors (Lipinski definition) is 3. The maximum Gasteiger partial charge on any atom is 0.418 e. The summed E-state index contributed by atoms with van der Waals surface area (Å²) in [7, 11) is 0. The lowest BCUT2D eigenvalue weighted by atomic mass is 9.62. The van der Waals surface area contributed by atoms with Crippen LogP contribution in [-0.2, 0) is 15.6 Å². The molecule has 0 aliphatic heterocycles. The number of ether oxygens (including phenoxy) is 1. The molecule has 3 nitrogen and oxygen atoms in total. The van der Waals surface area contributed by atoms with E-state index in [4.69, 9.17) is 4.74 Å². The van der Waals surface area contributed by atoms with E-state index in [1.54, 1.807) is 31.2 Å².